The van der Waals surface area contributed by atoms with E-state index in [4.69, 9.17) is 14.7 Å². The molecule has 0 N–H and O–H groups in total. The lowest BCUT2D eigenvalue weighted by molar-refractivity contribution is -0.139. The van der Waals surface area contributed by atoms with E-state index in [2.05, 4.69) is 29.2 Å². The first kappa shape index (κ1) is 19.3. The van der Waals surface area contributed by atoms with Crippen LogP contribution in [0.25, 0.3) is 0 Å². The molecule has 29 heavy (non-hydrogen) atoms. The number of rotatable bonds is 5. The summed E-state index contributed by atoms with van der Waals surface area (Å²) in [6, 6.07) is 15.4. The van der Waals surface area contributed by atoms with Gasteiger partial charge in [-0.1, -0.05) is 12.1 Å². The predicted molar refractivity (Wildman–Crippen MR) is 109 cm³/mol. The first-order valence-corrected chi connectivity index (χ1v) is 10.0. The van der Waals surface area contributed by atoms with Crippen LogP contribution in [0.5, 0.6) is 11.5 Å². The molecule has 0 saturated carbocycles. The Balaban J connectivity index is 1.27. The maximum absolute atomic E-state index is 12.7. The maximum Gasteiger partial charge on any atom is 0.263 e. The molecule has 1 saturated heterocycles. The molecule has 150 valence electrons. The van der Waals surface area contributed by atoms with Gasteiger partial charge in [0.1, 0.15) is 11.5 Å². The van der Waals surface area contributed by atoms with E-state index in [-0.39, 0.29) is 5.91 Å². The molecule has 6 nitrogen and oxygen atoms in total. The molecule has 1 atom stereocenters. The fourth-order valence-electron chi connectivity index (χ4n) is 3.84. The number of hydrogen-bond acceptors (Lipinski definition) is 5. The minimum atomic E-state index is -0.550. The number of carbonyl (C=O) groups excluding carboxylic acids is 1. The van der Waals surface area contributed by atoms with Crippen molar-refractivity contribution in [2.45, 2.75) is 26.0 Å². The average molecular weight is 391 g/mol. The van der Waals surface area contributed by atoms with Gasteiger partial charge in [-0.05, 0) is 48.4 Å². The van der Waals surface area contributed by atoms with Gasteiger partial charge in [-0.2, -0.15) is 5.26 Å². The van der Waals surface area contributed by atoms with Gasteiger partial charge in [0.25, 0.3) is 5.91 Å². The Bertz CT molecular complexity index is 912. The fourth-order valence-corrected chi connectivity index (χ4v) is 3.84. The van der Waals surface area contributed by atoms with Crippen molar-refractivity contribution in [1.29, 1.82) is 5.26 Å². The molecule has 2 heterocycles. The lowest BCUT2D eigenvalue weighted by Gasteiger charge is -2.36. The summed E-state index contributed by atoms with van der Waals surface area (Å²) in [6.07, 6.45) is 0.439. The SMILES string of the molecule is C[C@@H](Oc1ccc(C#N)cc1)C(=O)N1CCN(Cc2ccc3c(c2)CCO3)CC1. The molecule has 2 aromatic carbocycles. The van der Waals surface area contributed by atoms with Crippen LogP contribution < -0.4 is 9.47 Å². The van der Waals surface area contributed by atoms with Crippen molar-refractivity contribution < 1.29 is 14.3 Å². The zero-order valence-electron chi connectivity index (χ0n) is 16.6. The van der Waals surface area contributed by atoms with Gasteiger partial charge >= 0.3 is 0 Å². The minimum Gasteiger partial charge on any atom is -0.493 e. The molecular weight excluding hydrogens is 366 g/mol. The number of amides is 1. The third-order valence-corrected chi connectivity index (χ3v) is 5.49. The van der Waals surface area contributed by atoms with E-state index in [0.29, 0.717) is 24.4 Å². The summed E-state index contributed by atoms with van der Waals surface area (Å²) in [5.41, 5.74) is 3.17. The molecule has 2 aliphatic heterocycles. The normalized spacial score (nSPS) is 17.2. The maximum atomic E-state index is 12.7. The van der Waals surface area contributed by atoms with Crippen LogP contribution in [0.1, 0.15) is 23.6 Å². The quantitative estimate of drug-likeness (QED) is 0.784. The summed E-state index contributed by atoms with van der Waals surface area (Å²) >= 11 is 0. The van der Waals surface area contributed by atoms with E-state index in [1.807, 2.05) is 4.90 Å². The Kier molecular flexibility index (Phi) is 5.68. The Morgan fingerprint density at radius 1 is 1.17 bits per heavy atom. The van der Waals surface area contributed by atoms with Gasteiger partial charge in [-0.3, -0.25) is 9.69 Å². The van der Waals surface area contributed by atoms with E-state index in [9.17, 15) is 4.79 Å². The highest BCUT2D eigenvalue weighted by atomic mass is 16.5. The van der Waals surface area contributed by atoms with Crippen molar-refractivity contribution in [2.75, 3.05) is 32.8 Å². The fraction of sp³-hybridized carbons (Fsp3) is 0.391. The second kappa shape index (κ2) is 8.54. The Morgan fingerprint density at radius 2 is 1.93 bits per heavy atom. The molecule has 0 aliphatic carbocycles. The standard InChI is InChI=1S/C23H25N3O3/c1-17(29-21-5-2-18(15-24)3-6-21)23(27)26-11-9-25(10-12-26)16-19-4-7-22-20(14-19)8-13-28-22/h2-7,14,17H,8-13,16H2,1H3/t17-/m1/s1. The molecule has 0 spiro atoms. The van der Waals surface area contributed by atoms with Crippen molar-refractivity contribution in [1.82, 2.24) is 9.80 Å². The first-order valence-electron chi connectivity index (χ1n) is 10.0. The van der Waals surface area contributed by atoms with Gasteiger partial charge in [-0.15, -0.1) is 0 Å². The van der Waals surface area contributed by atoms with Crippen LogP contribution >= 0.6 is 0 Å². The number of ether oxygens (including phenoxy) is 2. The number of carbonyl (C=O) groups is 1. The van der Waals surface area contributed by atoms with Crippen LogP contribution in [0.3, 0.4) is 0 Å². The molecule has 6 heteroatoms. The molecular formula is C23H25N3O3. The van der Waals surface area contributed by atoms with Gasteiger partial charge in [0.05, 0.1) is 18.2 Å². The molecule has 1 amide bonds. The Morgan fingerprint density at radius 3 is 2.66 bits per heavy atom. The highest BCUT2D eigenvalue weighted by molar-refractivity contribution is 5.81. The van der Waals surface area contributed by atoms with Crippen LogP contribution in [-0.4, -0.2) is 54.6 Å². The summed E-state index contributed by atoms with van der Waals surface area (Å²) in [6.45, 7) is 6.56. The third-order valence-electron chi connectivity index (χ3n) is 5.49. The zero-order valence-corrected chi connectivity index (χ0v) is 16.6. The van der Waals surface area contributed by atoms with Crippen molar-refractivity contribution in [3.63, 3.8) is 0 Å². The monoisotopic (exact) mass is 391 g/mol. The molecule has 0 radical (unpaired) electrons. The molecule has 0 unspecified atom stereocenters. The zero-order chi connectivity index (χ0) is 20.2. The van der Waals surface area contributed by atoms with Gasteiger partial charge in [0.2, 0.25) is 0 Å². The lowest BCUT2D eigenvalue weighted by atomic mass is 10.1. The number of piperazine rings is 1. The van der Waals surface area contributed by atoms with Crippen molar-refractivity contribution in [2.24, 2.45) is 0 Å². The van der Waals surface area contributed by atoms with E-state index in [1.54, 1.807) is 31.2 Å². The Labute approximate surface area is 171 Å². The largest absolute Gasteiger partial charge is 0.493 e. The Hall–Kier alpha value is -3.04. The number of nitriles is 1. The average Bonchev–Trinajstić information content (AvgIpc) is 3.22. The number of hydrogen-bond donors (Lipinski definition) is 0. The summed E-state index contributed by atoms with van der Waals surface area (Å²) in [5, 5.41) is 8.86. The predicted octanol–water partition coefficient (Wildman–Crippen LogP) is 2.60. The summed E-state index contributed by atoms with van der Waals surface area (Å²) in [5.74, 6) is 1.62. The summed E-state index contributed by atoms with van der Waals surface area (Å²) in [4.78, 5) is 17.0. The topological polar surface area (TPSA) is 65.8 Å². The number of benzene rings is 2. The first-order chi connectivity index (χ1) is 14.1. The van der Waals surface area contributed by atoms with Crippen LogP contribution in [0.4, 0.5) is 0 Å². The number of fused-ring (bicyclic) bond motifs is 1. The van der Waals surface area contributed by atoms with E-state index in [1.165, 1.54) is 11.1 Å². The minimum absolute atomic E-state index is 0.00342. The van der Waals surface area contributed by atoms with Gasteiger partial charge in [0.15, 0.2) is 6.10 Å². The molecule has 2 aliphatic rings. The molecule has 4 rings (SSSR count). The lowest BCUT2D eigenvalue weighted by Crippen LogP contribution is -2.51. The molecule has 0 aromatic heterocycles. The van der Waals surface area contributed by atoms with Crippen LogP contribution in [0.2, 0.25) is 0 Å². The third kappa shape index (κ3) is 4.52. The number of nitrogens with zero attached hydrogens (tertiary/aromatic N) is 3. The van der Waals surface area contributed by atoms with Gasteiger partial charge < -0.3 is 14.4 Å². The van der Waals surface area contributed by atoms with Crippen molar-refractivity contribution in [3.05, 3.63) is 59.2 Å². The van der Waals surface area contributed by atoms with E-state index < -0.39 is 6.10 Å². The van der Waals surface area contributed by atoms with Crippen molar-refractivity contribution >= 4 is 5.91 Å². The van der Waals surface area contributed by atoms with Crippen LogP contribution in [0.15, 0.2) is 42.5 Å². The highest BCUT2D eigenvalue weighted by Crippen LogP contribution is 2.26. The molecule has 0 bridgehead atoms. The van der Waals surface area contributed by atoms with E-state index >= 15 is 0 Å². The molecule has 1 fully saturated rings. The second-order valence-corrected chi connectivity index (χ2v) is 7.54. The van der Waals surface area contributed by atoms with Crippen LogP contribution in [-0.2, 0) is 17.8 Å². The van der Waals surface area contributed by atoms with Gasteiger partial charge in [0, 0.05) is 39.1 Å². The smallest absolute Gasteiger partial charge is 0.263 e. The highest BCUT2D eigenvalue weighted by Gasteiger charge is 2.26. The molecule has 2 aromatic rings. The van der Waals surface area contributed by atoms with Crippen molar-refractivity contribution in [3.8, 4) is 17.6 Å². The summed E-state index contributed by atoms with van der Waals surface area (Å²) in [7, 11) is 0. The van der Waals surface area contributed by atoms with Crippen LogP contribution in [0, 0.1) is 11.3 Å². The summed E-state index contributed by atoms with van der Waals surface area (Å²) < 4.78 is 11.3. The van der Waals surface area contributed by atoms with E-state index in [0.717, 1.165) is 38.4 Å². The second-order valence-electron chi connectivity index (χ2n) is 7.54. The van der Waals surface area contributed by atoms with Gasteiger partial charge in [-0.25, -0.2) is 0 Å².